The molecule has 16 heavy (non-hydrogen) atoms. The van der Waals surface area contributed by atoms with Crippen molar-refractivity contribution >= 4 is 15.9 Å². The second kappa shape index (κ2) is 8.48. The molecule has 0 saturated carbocycles. The van der Waals surface area contributed by atoms with Crippen LogP contribution >= 0.6 is 15.9 Å². The van der Waals surface area contributed by atoms with Gasteiger partial charge in [0.25, 0.3) is 0 Å². The first kappa shape index (κ1) is 14.5. The summed E-state index contributed by atoms with van der Waals surface area (Å²) in [5, 5.41) is 10.0. The van der Waals surface area contributed by atoms with Crippen molar-refractivity contribution in [1.82, 2.24) is 4.90 Å². The van der Waals surface area contributed by atoms with Crippen LogP contribution in [0.2, 0.25) is 0 Å². The van der Waals surface area contributed by atoms with Crippen molar-refractivity contribution in [2.24, 2.45) is 5.92 Å². The topological polar surface area (TPSA) is 23.5 Å². The SMILES string of the molecule is CCCC(CBr)CN1CCCC1CCCO. The molecule has 0 spiro atoms. The highest BCUT2D eigenvalue weighted by Crippen LogP contribution is 2.24. The quantitative estimate of drug-likeness (QED) is 0.695. The number of hydrogen-bond donors (Lipinski definition) is 1. The summed E-state index contributed by atoms with van der Waals surface area (Å²) < 4.78 is 0. The zero-order valence-electron chi connectivity index (χ0n) is 10.5. The fourth-order valence-electron chi connectivity index (χ4n) is 2.75. The van der Waals surface area contributed by atoms with Crippen LogP contribution in [0.4, 0.5) is 0 Å². The van der Waals surface area contributed by atoms with Gasteiger partial charge in [0.1, 0.15) is 0 Å². The molecule has 0 aliphatic carbocycles. The summed E-state index contributed by atoms with van der Waals surface area (Å²) in [7, 11) is 0. The van der Waals surface area contributed by atoms with E-state index in [1.165, 1.54) is 45.2 Å². The second-order valence-electron chi connectivity index (χ2n) is 4.97. The molecule has 1 aliphatic rings. The summed E-state index contributed by atoms with van der Waals surface area (Å²) >= 11 is 3.63. The summed E-state index contributed by atoms with van der Waals surface area (Å²) in [6.07, 6.45) is 7.43. The minimum absolute atomic E-state index is 0.348. The minimum atomic E-state index is 0.348. The molecule has 0 aromatic rings. The molecule has 0 aromatic heterocycles. The molecule has 0 aromatic carbocycles. The van der Waals surface area contributed by atoms with E-state index in [0.717, 1.165) is 23.7 Å². The van der Waals surface area contributed by atoms with Gasteiger partial charge in [0.2, 0.25) is 0 Å². The van der Waals surface area contributed by atoms with Gasteiger partial charge in [0.05, 0.1) is 0 Å². The first-order valence-electron chi connectivity index (χ1n) is 6.72. The van der Waals surface area contributed by atoms with E-state index in [4.69, 9.17) is 5.11 Å². The molecule has 2 unspecified atom stereocenters. The number of alkyl halides is 1. The van der Waals surface area contributed by atoms with Gasteiger partial charge < -0.3 is 10.0 Å². The van der Waals surface area contributed by atoms with E-state index in [1.54, 1.807) is 0 Å². The number of hydrogen-bond acceptors (Lipinski definition) is 2. The highest BCUT2D eigenvalue weighted by molar-refractivity contribution is 9.09. The van der Waals surface area contributed by atoms with E-state index in [1.807, 2.05) is 0 Å². The van der Waals surface area contributed by atoms with Crippen LogP contribution in [0, 0.1) is 5.92 Å². The maximum Gasteiger partial charge on any atom is 0.0431 e. The van der Waals surface area contributed by atoms with Gasteiger partial charge in [0.15, 0.2) is 0 Å². The molecule has 3 heteroatoms. The first-order chi connectivity index (χ1) is 7.81. The molecule has 96 valence electrons. The number of likely N-dealkylation sites (tertiary alicyclic amines) is 1. The van der Waals surface area contributed by atoms with Gasteiger partial charge in [-0.25, -0.2) is 0 Å². The lowest BCUT2D eigenvalue weighted by molar-refractivity contribution is 0.193. The van der Waals surface area contributed by atoms with Crippen molar-refractivity contribution in [2.75, 3.05) is 25.0 Å². The average molecular weight is 292 g/mol. The highest BCUT2D eigenvalue weighted by atomic mass is 79.9. The van der Waals surface area contributed by atoms with Gasteiger partial charge in [-0.2, -0.15) is 0 Å². The zero-order chi connectivity index (χ0) is 11.8. The largest absolute Gasteiger partial charge is 0.396 e. The van der Waals surface area contributed by atoms with Crippen LogP contribution in [0.15, 0.2) is 0 Å². The maximum absolute atomic E-state index is 8.90. The molecular formula is C13H26BrNO. The van der Waals surface area contributed by atoms with Gasteiger partial charge >= 0.3 is 0 Å². The summed E-state index contributed by atoms with van der Waals surface area (Å²) in [4.78, 5) is 2.65. The molecule has 1 fully saturated rings. The number of rotatable bonds is 8. The predicted octanol–water partition coefficient (Wildman–Crippen LogP) is 3.03. The Morgan fingerprint density at radius 3 is 2.94 bits per heavy atom. The van der Waals surface area contributed by atoms with Crippen molar-refractivity contribution in [2.45, 2.75) is 51.5 Å². The van der Waals surface area contributed by atoms with E-state index >= 15 is 0 Å². The molecule has 2 nitrogen and oxygen atoms in total. The standard InChI is InChI=1S/C13H26BrNO/c1-2-5-12(10-14)11-15-8-3-6-13(15)7-4-9-16/h12-13,16H,2-11H2,1H3. The molecule has 1 rings (SSSR count). The van der Waals surface area contributed by atoms with Crippen molar-refractivity contribution < 1.29 is 5.11 Å². The maximum atomic E-state index is 8.90. The molecule has 0 amide bonds. The Kier molecular flexibility index (Phi) is 7.67. The van der Waals surface area contributed by atoms with Crippen molar-refractivity contribution in [3.63, 3.8) is 0 Å². The molecule has 1 N–H and O–H groups in total. The Labute approximate surface area is 109 Å². The highest BCUT2D eigenvalue weighted by Gasteiger charge is 2.25. The third-order valence-corrected chi connectivity index (χ3v) is 4.52. The fourth-order valence-corrected chi connectivity index (χ4v) is 3.27. The van der Waals surface area contributed by atoms with E-state index < -0.39 is 0 Å². The molecule has 1 aliphatic heterocycles. The van der Waals surface area contributed by atoms with Crippen molar-refractivity contribution in [1.29, 1.82) is 0 Å². The third kappa shape index (κ3) is 4.72. The zero-order valence-corrected chi connectivity index (χ0v) is 12.1. The summed E-state index contributed by atoms with van der Waals surface area (Å²) in [6.45, 7) is 5.13. The summed E-state index contributed by atoms with van der Waals surface area (Å²) in [5.74, 6) is 0.805. The van der Waals surface area contributed by atoms with Crippen molar-refractivity contribution in [3.8, 4) is 0 Å². The molecular weight excluding hydrogens is 266 g/mol. The second-order valence-corrected chi connectivity index (χ2v) is 5.61. The smallest absolute Gasteiger partial charge is 0.0431 e. The molecule has 0 radical (unpaired) electrons. The summed E-state index contributed by atoms with van der Waals surface area (Å²) in [6, 6.07) is 0.741. The molecule has 1 heterocycles. The monoisotopic (exact) mass is 291 g/mol. The molecule has 1 saturated heterocycles. The summed E-state index contributed by atoms with van der Waals surface area (Å²) in [5.41, 5.74) is 0. The van der Waals surface area contributed by atoms with Crippen LogP contribution in [0.3, 0.4) is 0 Å². The lowest BCUT2D eigenvalue weighted by atomic mass is 10.0. The first-order valence-corrected chi connectivity index (χ1v) is 7.84. The lowest BCUT2D eigenvalue weighted by Gasteiger charge is -2.28. The Bertz CT molecular complexity index is 177. The number of halogens is 1. The Hall–Kier alpha value is 0.400. The van der Waals surface area contributed by atoms with Gasteiger partial charge in [-0.3, -0.25) is 0 Å². The number of aliphatic hydroxyl groups is 1. The normalized spacial score (nSPS) is 23.8. The third-order valence-electron chi connectivity index (χ3n) is 3.60. The van der Waals surface area contributed by atoms with Crippen LogP contribution in [0.5, 0.6) is 0 Å². The van der Waals surface area contributed by atoms with Crippen LogP contribution in [0.1, 0.15) is 45.4 Å². The molecule has 2 atom stereocenters. The minimum Gasteiger partial charge on any atom is -0.396 e. The van der Waals surface area contributed by atoms with Gasteiger partial charge in [-0.15, -0.1) is 0 Å². The number of aliphatic hydroxyl groups excluding tert-OH is 1. The number of nitrogens with zero attached hydrogens (tertiary/aromatic N) is 1. The average Bonchev–Trinajstić information content (AvgIpc) is 2.73. The Morgan fingerprint density at radius 1 is 1.50 bits per heavy atom. The fraction of sp³-hybridized carbons (Fsp3) is 1.00. The van der Waals surface area contributed by atoms with Crippen LogP contribution in [-0.4, -0.2) is 41.1 Å². The van der Waals surface area contributed by atoms with E-state index in [2.05, 4.69) is 27.8 Å². The lowest BCUT2D eigenvalue weighted by Crippen LogP contribution is -2.34. The molecule has 0 bridgehead atoms. The van der Waals surface area contributed by atoms with Crippen LogP contribution in [-0.2, 0) is 0 Å². The Morgan fingerprint density at radius 2 is 2.31 bits per heavy atom. The van der Waals surface area contributed by atoms with Crippen molar-refractivity contribution in [3.05, 3.63) is 0 Å². The van der Waals surface area contributed by atoms with Crippen LogP contribution in [0.25, 0.3) is 0 Å². The van der Waals surface area contributed by atoms with Gasteiger partial charge in [-0.05, 0) is 44.6 Å². The van der Waals surface area contributed by atoms with Gasteiger partial charge in [-0.1, -0.05) is 29.3 Å². The van der Waals surface area contributed by atoms with E-state index in [0.29, 0.717) is 6.61 Å². The van der Waals surface area contributed by atoms with Gasteiger partial charge in [0, 0.05) is 24.5 Å². The predicted molar refractivity (Wildman–Crippen MR) is 73.1 cm³/mol. The Balaban J connectivity index is 2.32. The van der Waals surface area contributed by atoms with E-state index in [-0.39, 0.29) is 0 Å². The van der Waals surface area contributed by atoms with Crippen LogP contribution < -0.4 is 0 Å². The van der Waals surface area contributed by atoms with E-state index in [9.17, 15) is 0 Å².